The van der Waals surface area contributed by atoms with Crippen LogP contribution in [0.5, 0.6) is 5.75 Å². The molecule has 0 aliphatic carbocycles. The maximum Gasteiger partial charge on any atom is 0.264 e. The number of aryl methyl sites for hydroxylation is 1. The van der Waals surface area contributed by atoms with Crippen molar-refractivity contribution in [2.24, 2.45) is 0 Å². The van der Waals surface area contributed by atoms with Crippen LogP contribution in [0.4, 0.5) is 5.69 Å². The molecule has 4 rings (SSSR count). The van der Waals surface area contributed by atoms with Gasteiger partial charge in [0.05, 0.1) is 17.2 Å². The summed E-state index contributed by atoms with van der Waals surface area (Å²) in [5.41, 5.74) is 2.96. The Morgan fingerprint density at radius 2 is 1.49 bits per heavy atom. The van der Waals surface area contributed by atoms with E-state index >= 15 is 0 Å². The van der Waals surface area contributed by atoms with Crippen LogP contribution in [-0.2, 0) is 32.6 Å². The van der Waals surface area contributed by atoms with Gasteiger partial charge in [-0.1, -0.05) is 83.0 Å². The van der Waals surface area contributed by atoms with Crippen LogP contribution in [0.2, 0.25) is 0 Å². The lowest BCUT2D eigenvalue weighted by molar-refractivity contribution is -0.140. The average Bonchev–Trinajstić information content (AvgIpc) is 3.07. The number of rotatable bonds is 15. The molecule has 0 saturated carbocycles. The van der Waals surface area contributed by atoms with E-state index in [4.69, 9.17) is 4.74 Å². The molecule has 0 bridgehead atoms. The molecule has 47 heavy (non-hydrogen) atoms. The molecule has 0 heterocycles. The minimum atomic E-state index is -4.21. The number of anilines is 1. The SMILES string of the molecule is CCOc1ccc(S(=O)(=O)N(CC(=O)N(Cc2ccc(Br)cc2)[C@H](Cc2ccccc2)C(=O)N[C@H](C)CC)c2ccc(C)cc2)cc1. The van der Waals surface area contributed by atoms with Gasteiger partial charge in [-0.25, -0.2) is 8.42 Å². The normalized spacial score (nSPS) is 12.5. The van der Waals surface area contributed by atoms with Gasteiger partial charge in [0.2, 0.25) is 11.8 Å². The van der Waals surface area contributed by atoms with E-state index in [0.717, 1.165) is 25.5 Å². The van der Waals surface area contributed by atoms with Crippen molar-refractivity contribution < 1.29 is 22.7 Å². The van der Waals surface area contributed by atoms with Gasteiger partial charge in [0, 0.05) is 23.5 Å². The van der Waals surface area contributed by atoms with Crippen LogP contribution >= 0.6 is 15.9 Å². The number of ether oxygens (including phenoxy) is 1. The molecule has 0 spiro atoms. The molecule has 0 unspecified atom stereocenters. The summed E-state index contributed by atoms with van der Waals surface area (Å²) in [6.45, 7) is 7.68. The topological polar surface area (TPSA) is 96.0 Å². The van der Waals surface area contributed by atoms with Crippen molar-refractivity contribution in [2.75, 3.05) is 17.5 Å². The van der Waals surface area contributed by atoms with E-state index in [0.29, 0.717) is 24.5 Å². The fourth-order valence-electron chi connectivity index (χ4n) is 5.02. The van der Waals surface area contributed by atoms with Crippen LogP contribution in [0.15, 0.2) is 112 Å². The first-order valence-electron chi connectivity index (χ1n) is 15.7. The standard InChI is InChI=1S/C37H42BrN3O5S/c1-5-28(4)39-37(43)35(24-29-10-8-7-9-11-29)40(25-30-14-16-31(38)17-15-30)36(42)26-41(32-18-12-27(3)13-19-32)47(44,45)34-22-20-33(21-23-34)46-6-2/h7-23,28,35H,5-6,24-26H2,1-4H3,(H,39,43)/t28-,35-/m1/s1. The highest BCUT2D eigenvalue weighted by atomic mass is 79.9. The van der Waals surface area contributed by atoms with Crippen LogP contribution in [0.3, 0.4) is 0 Å². The van der Waals surface area contributed by atoms with Crippen molar-refractivity contribution >= 4 is 43.5 Å². The zero-order chi connectivity index (χ0) is 34.0. The van der Waals surface area contributed by atoms with Gasteiger partial charge in [0.1, 0.15) is 18.3 Å². The highest BCUT2D eigenvalue weighted by Gasteiger charge is 2.35. The predicted octanol–water partition coefficient (Wildman–Crippen LogP) is 6.91. The summed E-state index contributed by atoms with van der Waals surface area (Å²) in [6.07, 6.45) is 0.966. The van der Waals surface area contributed by atoms with E-state index in [-0.39, 0.29) is 29.8 Å². The van der Waals surface area contributed by atoms with E-state index in [1.165, 1.54) is 17.0 Å². The minimum Gasteiger partial charge on any atom is -0.494 e. The maximum absolute atomic E-state index is 14.6. The van der Waals surface area contributed by atoms with Crippen molar-refractivity contribution in [2.45, 2.75) is 64.1 Å². The van der Waals surface area contributed by atoms with Gasteiger partial charge in [0.15, 0.2) is 0 Å². The van der Waals surface area contributed by atoms with Gasteiger partial charge in [0.25, 0.3) is 10.0 Å². The van der Waals surface area contributed by atoms with Crippen LogP contribution in [0, 0.1) is 6.92 Å². The summed E-state index contributed by atoms with van der Waals surface area (Å²) in [5.74, 6) is -0.269. The third kappa shape index (κ3) is 9.68. The Hall–Kier alpha value is -4.15. The summed E-state index contributed by atoms with van der Waals surface area (Å²) in [6, 6.07) is 29.1. The largest absolute Gasteiger partial charge is 0.494 e. The summed E-state index contributed by atoms with van der Waals surface area (Å²) >= 11 is 3.47. The first-order chi connectivity index (χ1) is 22.5. The summed E-state index contributed by atoms with van der Waals surface area (Å²) in [7, 11) is -4.21. The fourth-order valence-corrected chi connectivity index (χ4v) is 6.70. The molecular weight excluding hydrogens is 678 g/mol. The van der Waals surface area contributed by atoms with Gasteiger partial charge < -0.3 is 15.0 Å². The van der Waals surface area contributed by atoms with E-state index in [1.807, 2.05) is 82.3 Å². The number of halogens is 1. The number of hydrogen-bond acceptors (Lipinski definition) is 5. The molecule has 0 fully saturated rings. The second-order valence-electron chi connectivity index (χ2n) is 11.4. The van der Waals surface area contributed by atoms with E-state index in [2.05, 4.69) is 21.2 Å². The monoisotopic (exact) mass is 719 g/mol. The molecule has 0 radical (unpaired) electrons. The lowest BCUT2D eigenvalue weighted by atomic mass is 10.0. The van der Waals surface area contributed by atoms with Crippen LogP contribution in [-0.4, -0.2) is 50.4 Å². The van der Waals surface area contributed by atoms with Gasteiger partial charge in [-0.05, 0) is 86.8 Å². The Morgan fingerprint density at radius 1 is 0.851 bits per heavy atom. The molecule has 10 heteroatoms. The lowest BCUT2D eigenvalue weighted by Gasteiger charge is -2.34. The van der Waals surface area contributed by atoms with Crippen molar-refractivity contribution in [1.29, 1.82) is 0 Å². The number of benzene rings is 4. The second kappa shape index (κ2) is 16.6. The van der Waals surface area contributed by atoms with E-state index < -0.39 is 28.5 Å². The fraction of sp³-hybridized carbons (Fsp3) is 0.297. The first kappa shape index (κ1) is 35.7. The maximum atomic E-state index is 14.6. The van der Waals surface area contributed by atoms with Crippen molar-refractivity contribution in [1.82, 2.24) is 10.2 Å². The third-order valence-electron chi connectivity index (χ3n) is 7.86. The highest BCUT2D eigenvalue weighted by Crippen LogP contribution is 2.27. The van der Waals surface area contributed by atoms with Gasteiger partial charge in [-0.3, -0.25) is 13.9 Å². The van der Waals surface area contributed by atoms with Crippen molar-refractivity contribution in [3.05, 3.63) is 124 Å². The molecule has 0 aliphatic heterocycles. The number of amides is 2. The summed E-state index contributed by atoms with van der Waals surface area (Å²) in [5, 5.41) is 3.06. The first-order valence-corrected chi connectivity index (χ1v) is 18.0. The highest BCUT2D eigenvalue weighted by molar-refractivity contribution is 9.10. The van der Waals surface area contributed by atoms with Gasteiger partial charge in [-0.2, -0.15) is 0 Å². The zero-order valence-electron chi connectivity index (χ0n) is 27.2. The minimum absolute atomic E-state index is 0.0177. The molecular formula is C37H42BrN3O5S. The molecule has 0 aliphatic rings. The molecule has 248 valence electrons. The lowest BCUT2D eigenvalue weighted by Crippen LogP contribution is -2.54. The Kier molecular flexibility index (Phi) is 12.6. The number of carbonyl (C=O) groups excluding carboxylic acids is 2. The zero-order valence-corrected chi connectivity index (χ0v) is 29.6. The number of nitrogens with zero attached hydrogens (tertiary/aromatic N) is 2. The van der Waals surface area contributed by atoms with E-state index in [1.54, 1.807) is 36.4 Å². The average molecular weight is 721 g/mol. The number of sulfonamides is 1. The predicted molar refractivity (Wildman–Crippen MR) is 190 cm³/mol. The molecule has 2 atom stereocenters. The number of hydrogen-bond donors (Lipinski definition) is 1. The van der Waals surface area contributed by atoms with Crippen molar-refractivity contribution in [3.8, 4) is 5.75 Å². The third-order valence-corrected chi connectivity index (χ3v) is 10.2. The molecule has 2 amide bonds. The number of nitrogens with one attached hydrogen (secondary N) is 1. The smallest absolute Gasteiger partial charge is 0.264 e. The summed E-state index contributed by atoms with van der Waals surface area (Å²) < 4.78 is 36.0. The molecule has 0 saturated heterocycles. The van der Waals surface area contributed by atoms with Crippen LogP contribution in [0.1, 0.15) is 43.9 Å². The van der Waals surface area contributed by atoms with E-state index in [9.17, 15) is 18.0 Å². The second-order valence-corrected chi connectivity index (χ2v) is 14.2. The number of carbonyl (C=O) groups is 2. The Morgan fingerprint density at radius 3 is 2.09 bits per heavy atom. The molecule has 1 N–H and O–H groups in total. The summed E-state index contributed by atoms with van der Waals surface area (Å²) in [4.78, 5) is 30.1. The van der Waals surface area contributed by atoms with Crippen molar-refractivity contribution in [3.63, 3.8) is 0 Å². The molecule has 4 aromatic rings. The quantitative estimate of drug-likeness (QED) is 0.144. The Balaban J connectivity index is 1.79. The van der Waals surface area contributed by atoms with Gasteiger partial charge in [-0.15, -0.1) is 0 Å². The van der Waals surface area contributed by atoms with Crippen LogP contribution in [0.25, 0.3) is 0 Å². The molecule has 4 aromatic carbocycles. The molecule has 8 nitrogen and oxygen atoms in total. The Bertz CT molecular complexity index is 1720. The van der Waals surface area contributed by atoms with Crippen LogP contribution < -0.4 is 14.4 Å². The molecule has 0 aromatic heterocycles. The Labute approximate surface area is 286 Å². The van der Waals surface area contributed by atoms with Gasteiger partial charge >= 0.3 is 0 Å².